The number of carbonyl (C=O) groups excluding carboxylic acids is 1. The lowest BCUT2D eigenvalue weighted by atomic mass is 9.99. The molecule has 40 heavy (non-hydrogen) atoms. The maximum absolute atomic E-state index is 12.3. The van der Waals surface area contributed by atoms with E-state index in [1.54, 1.807) is 18.2 Å². The molecule has 0 bridgehead atoms. The lowest BCUT2D eigenvalue weighted by molar-refractivity contribution is -0.121. The van der Waals surface area contributed by atoms with Gasteiger partial charge < -0.3 is 36.4 Å². The van der Waals surface area contributed by atoms with Crippen molar-refractivity contribution in [2.45, 2.75) is 70.2 Å². The molecule has 0 radical (unpaired) electrons. The van der Waals surface area contributed by atoms with Crippen molar-refractivity contribution in [3.05, 3.63) is 82.2 Å². The van der Waals surface area contributed by atoms with E-state index in [9.17, 15) is 20.1 Å². The zero-order valence-electron chi connectivity index (χ0n) is 23.0. The number of rotatable bonds is 15. The second-order valence-corrected chi connectivity index (χ2v) is 10.6. The van der Waals surface area contributed by atoms with Crippen LogP contribution in [0.2, 0.25) is 0 Å². The van der Waals surface area contributed by atoms with Crippen molar-refractivity contribution >= 4 is 12.0 Å². The molecule has 0 amide bonds. The van der Waals surface area contributed by atoms with Gasteiger partial charge in [-0.15, -0.1) is 0 Å². The van der Waals surface area contributed by atoms with Crippen molar-refractivity contribution in [3.8, 4) is 11.5 Å². The van der Waals surface area contributed by atoms with Crippen molar-refractivity contribution in [1.29, 1.82) is 0 Å². The van der Waals surface area contributed by atoms with E-state index in [4.69, 9.17) is 16.2 Å². The highest BCUT2D eigenvalue weighted by Gasteiger charge is 2.25. The average molecular weight is 549 g/mol. The SMILES string of the molecule is CCCC(O)CC(O)CC(=O)CCc1ccc(O)c(OCN2C=C3N=CC(Cc4cccc(C(N)N)c4)=C3C2)c1. The second-order valence-electron chi connectivity index (χ2n) is 10.6. The van der Waals surface area contributed by atoms with Crippen LogP contribution in [0.5, 0.6) is 11.5 Å². The Morgan fingerprint density at radius 2 is 1.95 bits per heavy atom. The molecule has 2 aromatic carbocycles. The molecule has 2 unspecified atom stereocenters. The third-order valence-corrected chi connectivity index (χ3v) is 7.18. The number of hydrogen-bond acceptors (Lipinski definition) is 9. The summed E-state index contributed by atoms with van der Waals surface area (Å²) >= 11 is 0. The molecule has 0 spiro atoms. The van der Waals surface area contributed by atoms with Gasteiger partial charge in [0.15, 0.2) is 18.2 Å². The van der Waals surface area contributed by atoms with Crippen LogP contribution in [0.15, 0.2) is 70.5 Å². The van der Waals surface area contributed by atoms with Crippen molar-refractivity contribution in [2.24, 2.45) is 16.5 Å². The molecule has 0 fully saturated rings. The summed E-state index contributed by atoms with van der Waals surface area (Å²) in [5, 5.41) is 30.3. The van der Waals surface area contributed by atoms with Crippen LogP contribution in [0.3, 0.4) is 0 Å². The highest BCUT2D eigenvalue weighted by molar-refractivity contribution is 5.87. The molecular formula is C31H40N4O5. The molecule has 7 N–H and O–H groups in total. The fourth-order valence-electron chi connectivity index (χ4n) is 5.03. The first-order chi connectivity index (χ1) is 19.2. The third-order valence-electron chi connectivity index (χ3n) is 7.18. The summed E-state index contributed by atoms with van der Waals surface area (Å²) in [5.41, 5.74) is 17.7. The van der Waals surface area contributed by atoms with Gasteiger partial charge in [-0.3, -0.25) is 9.79 Å². The van der Waals surface area contributed by atoms with E-state index in [0.717, 1.165) is 46.4 Å². The van der Waals surface area contributed by atoms with Crippen LogP contribution in [0.4, 0.5) is 0 Å². The molecule has 2 aliphatic heterocycles. The number of phenols is 1. The lowest BCUT2D eigenvalue weighted by Gasteiger charge is -2.18. The molecule has 214 valence electrons. The van der Waals surface area contributed by atoms with E-state index >= 15 is 0 Å². The number of aliphatic hydroxyl groups excluding tert-OH is 2. The summed E-state index contributed by atoms with van der Waals surface area (Å²) in [6.07, 6.45) is 5.05. The lowest BCUT2D eigenvalue weighted by Crippen LogP contribution is -2.22. The number of ketones is 1. The van der Waals surface area contributed by atoms with Crippen molar-refractivity contribution < 1.29 is 24.9 Å². The number of aryl methyl sites for hydroxylation is 1. The predicted molar refractivity (Wildman–Crippen MR) is 155 cm³/mol. The molecule has 2 aliphatic rings. The minimum atomic E-state index is -0.837. The number of carbonyl (C=O) groups is 1. The highest BCUT2D eigenvalue weighted by atomic mass is 16.5. The summed E-state index contributed by atoms with van der Waals surface area (Å²) in [4.78, 5) is 18.9. The number of aliphatic imine (C=N–C) groups is 1. The Kier molecular flexibility index (Phi) is 10.1. The molecule has 0 saturated heterocycles. The van der Waals surface area contributed by atoms with Crippen molar-refractivity contribution in [3.63, 3.8) is 0 Å². The Bertz CT molecular complexity index is 1290. The number of benzene rings is 2. The summed E-state index contributed by atoms with van der Waals surface area (Å²) in [5.74, 6) is 0.304. The number of aromatic hydroxyl groups is 1. The molecule has 0 aromatic heterocycles. The summed E-state index contributed by atoms with van der Waals surface area (Å²) in [7, 11) is 0. The number of hydrogen-bond donors (Lipinski definition) is 5. The van der Waals surface area contributed by atoms with E-state index in [1.165, 1.54) is 0 Å². The van der Waals surface area contributed by atoms with Gasteiger partial charge in [-0.05, 0) is 60.1 Å². The minimum absolute atomic E-state index is 0.0259. The van der Waals surface area contributed by atoms with E-state index in [1.807, 2.05) is 48.5 Å². The minimum Gasteiger partial charge on any atom is -0.504 e. The Morgan fingerprint density at radius 1 is 1.12 bits per heavy atom. The summed E-state index contributed by atoms with van der Waals surface area (Å²) in [6.45, 7) is 2.84. The van der Waals surface area contributed by atoms with Crippen LogP contribution in [-0.4, -0.2) is 57.7 Å². The molecule has 0 aliphatic carbocycles. The van der Waals surface area contributed by atoms with Gasteiger partial charge in [0, 0.05) is 37.4 Å². The number of allylic oxidation sites excluding steroid dienone is 1. The van der Waals surface area contributed by atoms with E-state index < -0.39 is 18.4 Å². The molecule has 9 heteroatoms. The van der Waals surface area contributed by atoms with E-state index in [2.05, 4.69) is 4.99 Å². The van der Waals surface area contributed by atoms with Crippen molar-refractivity contribution in [2.75, 3.05) is 13.3 Å². The summed E-state index contributed by atoms with van der Waals surface area (Å²) < 4.78 is 5.94. The van der Waals surface area contributed by atoms with E-state index in [0.29, 0.717) is 25.1 Å². The molecule has 9 nitrogen and oxygen atoms in total. The first kappa shape index (κ1) is 29.5. The molecular weight excluding hydrogens is 508 g/mol. The topological polar surface area (TPSA) is 155 Å². The number of ether oxygens (including phenoxy) is 1. The number of Topliss-reactive ketones (excluding diaryl/α,β-unsaturated/α-hetero) is 1. The molecule has 0 saturated carbocycles. The maximum atomic E-state index is 12.3. The Labute approximate surface area is 235 Å². The standard InChI is InChI=1S/C31H40N4O5/c1-2-4-24(36)14-26(38)15-25(37)9-7-20-8-10-29(39)30(13-20)40-19-35-17-27-23(16-34-28(27)18-35)12-21-5-3-6-22(11-21)31(32)33/h3,5-6,8,10-11,13,16,18,24,26,31,36,38-39H,2,4,7,9,12,14-15,17,19,32-33H2,1H3. The van der Waals surface area contributed by atoms with Crippen LogP contribution >= 0.6 is 0 Å². The molecule has 2 heterocycles. The maximum Gasteiger partial charge on any atom is 0.163 e. The predicted octanol–water partition coefficient (Wildman–Crippen LogP) is 3.23. The molecule has 2 aromatic rings. The zero-order chi connectivity index (χ0) is 28.6. The van der Waals surface area contributed by atoms with Gasteiger partial charge in [0.2, 0.25) is 0 Å². The number of nitrogens with zero attached hydrogens (tertiary/aromatic N) is 2. The van der Waals surface area contributed by atoms with Gasteiger partial charge in [0.25, 0.3) is 0 Å². The number of fused-ring (bicyclic) bond motifs is 1. The van der Waals surface area contributed by atoms with Gasteiger partial charge in [-0.1, -0.05) is 43.7 Å². The van der Waals surface area contributed by atoms with Gasteiger partial charge in [-0.25, -0.2) is 0 Å². The Balaban J connectivity index is 1.28. The normalized spacial score (nSPS) is 15.9. The van der Waals surface area contributed by atoms with Crippen LogP contribution in [-0.2, 0) is 17.6 Å². The van der Waals surface area contributed by atoms with Crippen LogP contribution in [0, 0.1) is 0 Å². The monoisotopic (exact) mass is 548 g/mol. The van der Waals surface area contributed by atoms with Gasteiger partial charge >= 0.3 is 0 Å². The quantitative estimate of drug-likeness (QED) is 0.213. The Morgan fingerprint density at radius 3 is 2.73 bits per heavy atom. The Hall–Kier alpha value is -3.50. The number of nitrogens with two attached hydrogens (primary N) is 2. The third kappa shape index (κ3) is 8.02. The second kappa shape index (κ2) is 13.7. The average Bonchev–Trinajstić information content (AvgIpc) is 3.48. The van der Waals surface area contributed by atoms with Gasteiger partial charge in [-0.2, -0.15) is 0 Å². The van der Waals surface area contributed by atoms with Crippen molar-refractivity contribution in [1.82, 2.24) is 4.90 Å². The number of phenolic OH excluding ortho intramolecular Hbond substituents is 1. The fourth-order valence-corrected chi connectivity index (χ4v) is 5.03. The van der Waals surface area contributed by atoms with Crippen LogP contribution in [0.25, 0.3) is 0 Å². The zero-order valence-corrected chi connectivity index (χ0v) is 23.0. The molecule has 4 rings (SSSR count). The molecule has 2 atom stereocenters. The van der Waals surface area contributed by atoms with Gasteiger partial charge in [0.1, 0.15) is 5.78 Å². The van der Waals surface area contributed by atoms with E-state index in [-0.39, 0.29) is 37.5 Å². The smallest absolute Gasteiger partial charge is 0.163 e. The largest absolute Gasteiger partial charge is 0.504 e. The first-order valence-electron chi connectivity index (χ1n) is 13.9. The van der Waals surface area contributed by atoms with Crippen LogP contribution in [0.1, 0.15) is 61.9 Å². The van der Waals surface area contributed by atoms with Gasteiger partial charge in [0.05, 0.1) is 24.1 Å². The highest BCUT2D eigenvalue weighted by Crippen LogP contribution is 2.32. The number of aliphatic hydroxyl groups is 2. The first-order valence-corrected chi connectivity index (χ1v) is 13.9. The summed E-state index contributed by atoms with van der Waals surface area (Å²) in [6, 6.07) is 13.0. The fraction of sp³-hybridized carbons (Fsp3) is 0.419. The van der Waals surface area contributed by atoms with Crippen LogP contribution < -0.4 is 16.2 Å².